The molecule has 1 amide bonds. The molecular weight excluding hydrogens is 509 g/mol. The molecule has 190 valence electrons. The first-order valence-electron chi connectivity index (χ1n) is 10.5. The van der Waals surface area contributed by atoms with Crippen LogP contribution in [0.2, 0.25) is 5.02 Å². The SMILES string of the molecule is CC1(C)C(N)=N[C@]2(C)c3cc(NC(=O)c4ncc(C(F)(F)F)cc4Cl)ccc3OCC[C@H]2S1(O)O. The molecule has 0 bridgehead atoms. The van der Waals surface area contributed by atoms with Crippen LogP contribution in [0.4, 0.5) is 18.9 Å². The lowest BCUT2D eigenvalue weighted by atomic mass is 9.86. The summed E-state index contributed by atoms with van der Waals surface area (Å²) in [7, 11) is -3.28. The van der Waals surface area contributed by atoms with Crippen LogP contribution in [0, 0.1) is 0 Å². The van der Waals surface area contributed by atoms with Gasteiger partial charge >= 0.3 is 6.18 Å². The van der Waals surface area contributed by atoms with E-state index >= 15 is 0 Å². The normalized spacial score (nSPS) is 25.7. The van der Waals surface area contributed by atoms with Gasteiger partial charge in [-0.2, -0.15) is 23.8 Å². The van der Waals surface area contributed by atoms with Gasteiger partial charge in [0.15, 0.2) is 0 Å². The number of halogens is 4. The maximum Gasteiger partial charge on any atom is 0.417 e. The first-order chi connectivity index (χ1) is 16.1. The van der Waals surface area contributed by atoms with Crippen LogP contribution in [-0.4, -0.2) is 42.4 Å². The van der Waals surface area contributed by atoms with E-state index in [4.69, 9.17) is 22.1 Å². The van der Waals surface area contributed by atoms with E-state index in [2.05, 4.69) is 15.3 Å². The van der Waals surface area contributed by atoms with E-state index in [0.29, 0.717) is 30.0 Å². The summed E-state index contributed by atoms with van der Waals surface area (Å²) in [5, 5.41) is 1.40. The number of nitrogens with two attached hydrogens (primary N) is 1. The lowest BCUT2D eigenvalue weighted by Gasteiger charge is -2.58. The molecule has 0 spiro atoms. The molecule has 5 N–H and O–H groups in total. The number of nitrogens with one attached hydrogen (secondary N) is 1. The Morgan fingerprint density at radius 3 is 2.60 bits per heavy atom. The van der Waals surface area contributed by atoms with Crippen LogP contribution in [0.25, 0.3) is 0 Å². The number of aromatic nitrogens is 1. The number of carbonyl (C=O) groups excluding carboxylic acids is 1. The van der Waals surface area contributed by atoms with Gasteiger partial charge in [-0.05, 0) is 45.0 Å². The minimum atomic E-state index is -4.65. The first-order valence-corrected chi connectivity index (χ1v) is 12.5. The minimum absolute atomic E-state index is 0.0827. The third-order valence-corrected chi connectivity index (χ3v) is 10.0. The Balaban J connectivity index is 1.72. The number of ether oxygens (including phenoxy) is 1. The average molecular weight is 533 g/mol. The Morgan fingerprint density at radius 1 is 1.29 bits per heavy atom. The van der Waals surface area contributed by atoms with Crippen LogP contribution in [0.5, 0.6) is 5.75 Å². The summed E-state index contributed by atoms with van der Waals surface area (Å²) in [5.41, 5.74) is 4.28. The summed E-state index contributed by atoms with van der Waals surface area (Å²) in [6.45, 7) is 5.20. The second kappa shape index (κ2) is 8.26. The number of rotatable bonds is 2. The fourth-order valence-electron chi connectivity index (χ4n) is 4.32. The van der Waals surface area contributed by atoms with Crippen LogP contribution in [0.3, 0.4) is 0 Å². The van der Waals surface area contributed by atoms with E-state index < -0.39 is 48.8 Å². The van der Waals surface area contributed by atoms with Crippen molar-refractivity contribution in [1.29, 1.82) is 0 Å². The summed E-state index contributed by atoms with van der Waals surface area (Å²) in [5.74, 6) is -0.304. The molecule has 2 aliphatic heterocycles. The van der Waals surface area contributed by atoms with E-state index in [1.165, 1.54) is 6.07 Å². The number of aliphatic imine (C=N–C) groups is 1. The molecule has 2 aliphatic rings. The summed E-state index contributed by atoms with van der Waals surface area (Å²) in [6, 6.07) is 5.33. The number of benzene rings is 1. The first kappa shape index (κ1) is 25.5. The van der Waals surface area contributed by atoms with Crippen molar-refractivity contribution in [3.8, 4) is 5.75 Å². The van der Waals surface area contributed by atoms with Crippen LogP contribution >= 0.6 is 22.2 Å². The van der Waals surface area contributed by atoms with Crippen LogP contribution in [-0.2, 0) is 11.7 Å². The van der Waals surface area contributed by atoms with Gasteiger partial charge in [0.25, 0.3) is 5.91 Å². The number of amidine groups is 1. The van der Waals surface area contributed by atoms with Gasteiger partial charge in [0, 0.05) is 23.9 Å². The number of hydrogen-bond acceptors (Lipinski definition) is 7. The third-order valence-electron chi connectivity index (χ3n) is 6.55. The van der Waals surface area contributed by atoms with Crippen molar-refractivity contribution >= 4 is 39.6 Å². The van der Waals surface area contributed by atoms with Crippen LogP contribution in [0.1, 0.15) is 48.8 Å². The van der Waals surface area contributed by atoms with Crippen molar-refractivity contribution < 1.29 is 31.8 Å². The number of pyridine rings is 1. The maximum atomic E-state index is 12.9. The molecule has 3 heterocycles. The lowest BCUT2D eigenvalue weighted by molar-refractivity contribution is -0.137. The topological polar surface area (TPSA) is 130 Å². The van der Waals surface area contributed by atoms with Gasteiger partial charge in [-0.15, -0.1) is 0 Å². The molecule has 4 rings (SSSR count). The van der Waals surface area contributed by atoms with Crippen molar-refractivity contribution in [2.45, 2.75) is 48.9 Å². The van der Waals surface area contributed by atoms with Crippen molar-refractivity contribution in [2.24, 2.45) is 10.7 Å². The standard InChI is InChI=1S/C22H24ClF3N4O4S/c1-20(2)19(27)30-21(3)13-9-12(4-5-15(13)34-7-6-16(21)35(20,32)33)29-18(31)17-14(23)8-11(10-28-17)22(24,25)26/h4-5,8-10,16,32-33H,6-7H2,1-3H3,(H2,27,30)(H,29,31)/t16-,21-/m1/s1. The summed E-state index contributed by atoms with van der Waals surface area (Å²) in [4.78, 5) is 21.0. The summed E-state index contributed by atoms with van der Waals surface area (Å²) >= 11 is 5.89. The van der Waals surface area contributed by atoms with Gasteiger partial charge in [-0.25, -0.2) is 4.98 Å². The number of alkyl halides is 3. The quantitative estimate of drug-likeness (QED) is 0.417. The van der Waals surface area contributed by atoms with E-state index in [-0.39, 0.29) is 23.8 Å². The van der Waals surface area contributed by atoms with E-state index in [9.17, 15) is 27.1 Å². The third kappa shape index (κ3) is 4.11. The smallest absolute Gasteiger partial charge is 0.417 e. The Kier molecular flexibility index (Phi) is 6.03. The van der Waals surface area contributed by atoms with E-state index in [0.717, 1.165) is 0 Å². The zero-order valence-electron chi connectivity index (χ0n) is 19.0. The molecule has 35 heavy (non-hydrogen) atoms. The Morgan fingerprint density at radius 2 is 1.97 bits per heavy atom. The number of carbonyl (C=O) groups is 1. The molecule has 0 saturated carbocycles. The minimum Gasteiger partial charge on any atom is -0.493 e. The van der Waals surface area contributed by atoms with Crippen molar-refractivity contribution in [3.05, 3.63) is 52.3 Å². The van der Waals surface area contributed by atoms with Gasteiger partial charge in [0.05, 0.1) is 22.4 Å². The van der Waals surface area contributed by atoms with Gasteiger partial charge in [-0.3, -0.25) is 18.9 Å². The maximum absolute atomic E-state index is 12.9. The molecule has 0 saturated heterocycles. The molecule has 1 aromatic heterocycles. The molecule has 0 aliphatic carbocycles. The number of amides is 1. The highest BCUT2D eigenvalue weighted by atomic mass is 35.5. The second-order valence-electron chi connectivity index (χ2n) is 9.09. The molecule has 13 heteroatoms. The van der Waals surface area contributed by atoms with Gasteiger partial charge < -0.3 is 15.8 Å². The van der Waals surface area contributed by atoms with E-state index in [1.54, 1.807) is 32.9 Å². The molecule has 0 unspecified atom stereocenters. The Hall–Kier alpha value is -2.54. The highest BCUT2D eigenvalue weighted by molar-refractivity contribution is 8.26. The molecule has 0 fully saturated rings. The monoisotopic (exact) mass is 532 g/mol. The number of anilines is 1. The van der Waals surface area contributed by atoms with Crippen molar-refractivity contribution in [1.82, 2.24) is 4.98 Å². The van der Waals surface area contributed by atoms with Gasteiger partial charge in [0.2, 0.25) is 0 Å². The molecule has 0 radical (unpaired) electrons. The molecule has 1 aromatic carbocycles. The molecule has 2 aromatic rings. The fraction of sp³-hybridized carbons (Fsp3) is 0.409. The average Bonchev–Trinajstić information content (AvgIpc) is 2.89. The van der Waals surface area contributed by atoms with E-state index in [1.807, 2.05) is 0 Å². The molecule has 2 atom stereocenters. The van der Waals surface area contributed by atoms with Crippen molar-refractivity contribution in [3.63, 3.8) is 0 Å². The number of nitrogens with zero attached hydrogens (tertiary/aromatic N) is 2. The van der Waals surface area contributed by atoms with Crippen LogP contribution < -0.4 is 15.8 Å². The van der Waals surface area contributed by atoms with Crippen LogP contribution in [0.15, 0.2) is 35.5 Å². The number of fused-ring (bicyclic) bond motifs is 3. The number of hydrogen-bond donors (Lipinski definition) is 4. The highest BCUT2D eigenvalue weighted by Gasteiger charge is 2.57. The Labute approximate surface area is 206 Å². The largest absolute Gasteiger partial charge is 0.493 e. The van der Waals surface area contributed by atoms with Gasteiger partial charge in [-0.1, -0.05) is 11.6 Å². The second-order valence-corrected chi connectivity index (χ2v) is 12.3. The summed E-state index contributed by atoms with van der Waals surface area (Å²) in [6.07, 6.45) is -3.81. The van der Waals surface area contributed by atoms with Crippen molar-refractivity contribution in [2.75, 3.05) is 11.9 Å². The zero-order valence-corrected chi connectivity index (χ0v) is 20.6. The fourth-order valence-corrected chi connectivity index (χ4v) is 6.88. The lowest BCUT2D eigenvalue weighted by Crippen LogP contribution is -2.56. The molecule has 8 nitrogen and oxygen atoms in total. The predicted octanol–water partition coefficient (Wildman–Crippen LogP) is 5.27. The molecular formula is C22H24ClF3N4O4S. The van der Waals surface area contributed by atoms with Gasteiger partial charge in [0.1, 0.15) is 27.6 Å². The Bertz CT molecular complexity index is 1240. The summed E-state index contributed by atoms with van der Waals surface area (Å²) < 4.78 is 65.7. The zero-order chi connectivity index (χ0) is 26.0. The highest BCUT2D eigenvalue weighted by Crippen LogP contribution is 2.66. The predicted molar refractivity (Wildman–Crippen MR) is 128 cm³/mol.